The minimum Gasteiger partial charge on any atom is -0.368 e. The number of hydrogen-bond donors (Lipinski definition) is 1. The largest absolute Gasteiger partial charge is 0.368 e. The zero-order valence-electron chi connectivity index (χ0n) is 15.1. The predicted molar refractivity (Wildman–Crippen MR) is 102 cm³/mol. The van der Waals surface area contributed by atoms with Crippen LogP contribution in [0.15, 0.2) is 48.7 Å². The van der Waals surface area contributed by atoms with E-state index in [-0.39, 0.29) is 11.9 Å². The second kappa shape index (κ2) is 7.86. The van der Waals surface area contributed by atoms with Crippen molar-refractivity contribution >= 4 is 23.3 Å². The van der Waals surface area contributed by atoms with Crippen LogP contribution < -0.4 is 10.2 Å². The number of nitrogens with one attached hydrogen (secondary N) is 1. The van der Waals surface area contributed by atoms with Crippen molar-refractivity contribution in [2.45, 2.75) is 0 Å². The first-order valence-electron chi connectivity index (χ1n) is 8.58. The van der Waals surface area contributed by atoms with Gasteiger partial charge in [0.05, 0.1) is 0 Å². The van der Waals surface area contributed by atoms with Crippen LogP contribution >= 0.6 is 0 Å². The number of benzene rings is 1. The molecule has 7 heteroatoms. The number of hydrogen-bond acceptors (Lipinski definition) is 4. The number of carbonyl (C=O) groups excluding carboxylic acids is 2. The Kier molecular flexibility index (Phi) is 5.36. The summed E-state index contributed by atoms with van der Waals surface area (Å²) in [5.74, 6) is -0.197. The van der Waals surface area contributed by atoms with Crippen LogP contribution in [-0.4, -0.2) is 67.0 Å². The van der Waals surface area contributed by atoms with Gasteiger partial charge in [-0.25, -0.2) is 4.79 Å². The average Bonchev–Trinajstić information content (AvgIpc) is 2.68. The van der Waals surface area contributed by atoms with Gasteiger partial charge in [0, 0.05) is 57.8 Å². The van der Waals surface area contributed by atoms with Crippen molar-refractivity contribution in [1.29, 1.82) is 0 Å². The number of nitrogens with zero attached hydrogens (tertiary/aromatic N) is 4. The van der Waals surface area contributed by atoms with Gasteiger partial charge in [-0.1, -0.05) is 18.2 Å². The van der Waals surface area contributed by atoms with Gasteiger partial charge in [0.2, 0.25) is 0 Å². The fourth-order valence-electron chi connectivity index (χ4n) is 2.86. The monoisotopic (exact) mass is 353 g/mol. The van der Waals surface area contributed by atoms with Crippen LogP contribution in [0.3, 0.4) is 0 Å². The van der Waals surface area contributed by atoms with Crippen LogP contribution in [0.1, 0.15) is 10.5 Å². The SMILES string of the molecule is CN(C)C(=O)c1cc(NC(=O)N2CCN(c3ccccc3)CC2)ccn1. The molecule has 2 heterocycles. The van der Waals surface area contributed by atoms with Gasteiger partial charge < -0.3 is 20.0 Å². The van der Waals surface area contributed by atoms with Gasteiger partial charge in [0.15, 0.2) is 0 Å². The van der Waals surface area contributed by atoms with Gasteiger partial charge in [-0.05, 0) is 24.3 Å². The average molecular weight is 353 g/mol. The van der Waals surface area contributed by atoms with E-state index in [2.05, 4.69) is 27.3 Å². The highest BCUT2D eigenvalue weighted by Crippen LogP contribution is 2.16. The molecule has 3 rings (SSSR count). The molecule has 1 fully saturated rings. The zero-order valence-corrected chi connectivity index (χ0v) is 15.1. The predicted octanol–water partition coefficient (Wildman–Crippen LogP) is 2.14. The minimum atomic E-state index is -0.197. The van der Waals surface area contributed by atoms with Crippen LogP contribution in [0, 0.1) is 0 Å². The summed E-state index contributed by atoms with van der Waals surface area (Å²) in [7, 11) is 3.34. The number of piperazine rings is 1. The van der Waals surface area contributed by atoms with Crippen molar-refractivity contribution < 1.29 is 9.59 Å². The highest BCUT2D eigenvalue weighted by molar-refractivity contribution is 5.95. The highest BCUT2D eigenvalue weighted by atomic mass is 16.2. The van der Waals surface area contributed by atoms with Crippen LogP contribution in [0.2, 0.25) is 0 Å². The first-order valence-corrected chi connectivity index (χ1v) is 8.58. The Hall–Kier alpha value is -3.09. The van der Waals surface area contributed by atoms with Gasteiger partial charge in [0.25, 0.3) is 5.91 Å². The molecule has 1 aromatic heterocycles. The van der Waals surface area contributed by atoms with Crippen molar-refractivity contribution in [2.75, 3.05) is 50.5 Å². The van der Waals surface area contributed by atoms with Gasteiger partial charge in [-0.2, -0.15) is 0 Å². The number of pyridine rings is 1. The zero-order chi connectivity index (χ0) is 18.5. The normalized spacial score (nSPS) is 14.1. The Labute approximate surface area is 153 Å². The molecule has 0 saturated carbocycles. The first kappa shape index (κ1) is 17.7. The number of carbonyl (C=O) groups is 2. The Bertz CT molecular complexity index is 771. The summed E-state index contributed by atoms with van der Waals surface area (Å²) >= 11 is 0. The molecule has 1 aliphatic rings. The fourth-order valence-corrected chi connectivity index (χ4v) is 2.86. The van der Waals surface area contributed by atoms with Crippen molar-refractivity contribution in [3.05, 3.63) is 54.4 Å². The van der Waals surface area contributed by atoms with Crippen LogP contribution in [0.4, 0.5) is 16.2 Å². The molecule has 0 spiro atoms. The molecule has 1 aromatic carbocycles. The van der Waals surface area contributed by atoms with Crippen molar-refractivity contribution in [3.8, 4) is 0 Å². The van der Waals surface area contributed by atoms with Gasteiger partial charge in [-0.15, -0.1) is 0 Å². The van der Waals surface area contributed by atoms with Crippen molar-refractivity contribution in [2.24, 2.45) is 0 Å². The molecular weight excluding hydrogens is 330 g/mol. The Morgan fingerprint density at radius 3 is 2.38 bits per heavy atom. The lowest BCUT2D eigenvalue weighted by atomic mass is 10.2. The molecule has 136 valence electrons. The lowest BCUT2D eigenvalue weighted by Crippen LogP contribution is -2.50. The maximum Gasteiger partial charge on any atom is 0.321 e. The third kappa shape index (κ3) is 4.11. The van der Waals surface area contributed by atoms with E-state index < -0.39 is 0 Å². The lowest BCUT2D eigenvalue weighted by molar-refractivity contribution is 0.0822. The molecule has 26 heavy (non-hydrogen) atoms. The molecule has 0 unspecified atom stereocenters. The molecule has 0 atom stereocenters. The van der Waals surface area contributed by atoms with Gasteiger partial charge >= 0.3 is 6.03 Å². The molecule has 1 aliphatic heterocycles. The Morgan fingerprint density at radius 1 is 1.04 bits per heavy atom. The van der Waals surface area contributed by atoms with Gasteiger partial charge in [0.1, 0.15) is 5.69 Å². The van der Waals surface area contributed by atoms with Crippen LogP contribution in [-0.2, 0) is 0 Å². The molecule has 1 N–H and O–H groups in total. The number of para-hydroxylation sites is 1. The smallest absolute Gasteiger partial charge is 0.321 e. The summed E-state index contributed by atoms with van der Waals surface area (Å²) in [6.45, 7) is 2.88. The summed E-state index contributed by atoms with van der Waals surface area (Å²) in [4.78, 5) is 34.1. The van der Waals surface area contributed by atoms with E-state index in [4.69, 9.17) is 0 Å². The van der Waals surface area contributed by atoms with Crippen LogP contribution in [0.25, 0.3) is 0 Å². The van der Waals surface area contributed by atoms with Crippen LogP contribution in [0.5, 0.6) is 0 Å². The molecule has 1 saturated heterocycles. The summed E-state index contributed by atoms with van der Waals surface area (Å²) in [6.07, 6.45) is 1.53. The second-order valence-corrected chi connectivity index (χ2v) is 6.37. The van der Waals surface area contributed by atoms with Crippen molar-refractivity contribution in [1.82, 2.24) is 14.8 Å². The van der Waals surface area contributed by atoms with Crippen molar-refractivity contribution in [3.63, 3.8) is 0 Å². The van der Waals surface area contributed by atoms with E-state index >= 15 is 0 Å². The number of anilines is 2. The summed E-state index contributed by atoms with van der Waals surface area (Å²) < 4.78 is 0. The van der Waals surface area contributed by atoms with E-state index in [1.54, 1.807) is 31.1 Å². The number of urea groups is 1. The topological polar surface area (TPSA) is 68.8 Å². The van der Waals surface area contributed by atoms with Gasteiger partial charge in [-0.3, -0.25) is 9.78 Å². The fraction of sp³-hybridized carbons (Fsp3) is 0.316. The summed E-state index contributed by atoms with van der Waals surface area (Å²) in [5.41, 5.74) is 2.05. The molecule has 0 aliphatic carbocycles. The maximum atomic E-state index is 12.5. The standard InChI is InChI=1S/C19H23N5O2/c1-22(2)18(25)17-14-15(8-9-20-17)21-19(26)24-12-10-23(11-13-24)16-6-4-3-5-7-16/h3-9,14H,10-13H2,1-2H3,(H,20,21,26). The summed E-state index contributed by atoms with van der Waals surface area (Å²) in [6, 6.07) is 13.3. The van der Waals surface area contributed by atoms with E-state index in [1.807, 2.05) is 18.2 Å². The molecule has 2 aromatic rings. The van der Waals surface area contributed by atoms with E-state index in [1.165, 1.54) is 16.8 Å². The first-order chi connectivity index (χ1) is 12.5. The van der Waals surface area contributed by atoms with E-state index in [0.717, 1.165) is 13.1 Å². The highest BCUT2D eigenvalue weighted by Gasteiger charge is 2.21. The molecule has 7 nitrogen and oxygen atoms in total. The molecule has 0 radical (unpaired) electrons. The number of amides is 3. The Morgan fingerprint density at radius 2 is 1.73 bits per heavy atom. The third-order valence-electron chi connectivity index (χ3n) is 4.32. The lowest BCUT2D eigenvalue weighted by Gasteiger charge is -2.36. The maximum absolute atomic E-state index is 12.5. The number of rotatable bonds is 3. The molecular formula is C19H23N5O2. The number of aromatic nitrogens is 1. The molecule has 0 bridgehead atoms. The summed E-state index contributed by atoms with van der Waals surface area (Å²) in [5, 5.41) is 2.86. The second-order valence-electron chi connectivity index (χ2n) is 6.37. The quantitative estimate of drug-likeness (QED) is 0.918. The Balaban J connectivity index is 1.58. The third-order valence-corrected chi connectivity index (χ3v) is 4.32. The van der Waals surface area contributed by atoms with E-state index in [9.17, 15) is 9.59 Å². The minimum absolute atomic E-state index is 0.160. The van der Waals surface area contributed by atoms with E-state index in [0.29, 0.717) is 24.5 Å². The molecule has 3 amide bonds.